The number of fused-ring (bicyclic) bond motifs is 3. The van der Waals surface area contributed by atoms with Gasteiger partial charge in [0.15, 0.2) is 0 Å². The van der Waals surface area contributed by atoms with Crippen LogP contribution in [-0.4, -0.2) is 26.3 Å². The monoisotopic (exact) mass is 354 g/mol. The summed E-state index contributed by atoms with van der Waals surface area (Å²) in [7, 11) is 0. The maximum Gasteiger partial charge on any atom is 0.102 e. The molecule has 3 aliphatic rings. The summed E-state index contributed by atoms with van der Waals surface area (Å²) >= 11 is 0. The lowest BCUT2D eigenvalue weighted by molar-refractivity contribution is 0.122. The lowest BCUT2D eigenvalue weighted by Gasteiger charge is -2.35. The van der Waals surface area contributed by atoms with Crippen LogP contribution in [0.25, 0.3) is 11.1 Å². The first-order valence-corrected chi connectivity index (χ1v) is 9.72. The molecule has 134 valence electrons. The van der Waals surface area contributed by atoms with Gasteiger partial charge in [-0.05, 0) is 46.7 Å². The molecular weight excluding hydrogens is 332 g/mol. The Morgan fingerprint density at radius 2 is 1.78 bits per heavy atom. The molecule has 0 atom stereocenters. The van der Waals surface area contributed by atoms with Crippen LogP contribution in [0.4, 0.5) is 5.69 Å². The second-order valence-electron chi connectivity index (χ2n) is 7.38. The molecule has 2 aromatic rings. The number of anilines is 1. The van der Waals surface area contributed by atoms with E-state index in [0.29, 0.717) is 0 Å². The highest BCUT2D eigenvalue weighted by molar-refractivity contribution is 5.84. The standard InChI is InChI=1S/C24H22N2O/c25-16-23-21(17-5-1-2-6-17)15-22-19-8-4-3-7-18(19)9-10-20(22)24(23)26-11-13-27-14-12-26/h1-8,15,17H,9-14H2. The van der Waals surface area contributed by atoms with E-state index in [1.807, 2.05) is 0 Å². The van der Waals surface area contributed by atoms with Gasteiger partial charge in [-0.15, -0.1) is 0 Å². The predicted octanol–water partition coefficient (Wildman–Crippen LogP) is 4.37. The molecular formula is C24H22N2O. The second kappa shape index (κ2) is 6.72. The lowest BCUT2D eigenvalue weighted by atomic mass is 9.80. The molecule has 3 nitrogen and oxygen atoms in total. The van der Waals surface area contributed by atoms with Crippen LogP contribution in [0.2, 0.25) is 0 Å². The number of morpholine rings is 1. The molecule has 1 fully saturated rings. The number of ether oxygens (including phenoxy) is 1. The van der Waals surface area contributed by atoms with Gasteiger partial charge in [-0.25, -0.2) is 0 Å². The smallest absolute Gasteiger partial charge is 0.102 e. The number of rotatable bonds is 2. The van der Waals surface area contributed by atoms with E-state index >= 15 is 0 Å². The van der Waals surface area contributed by atoms with Crippen molar-refractivity contribution in [3.8, 4) is 17.2 Å². The maximum atomic E-state index is 10.1. The van der Waals surface area contributed by atoms with Crippen molar-refractivity contribution >= 4 is 5.69 Å². The average molecular weight is 354 g/mol. The summed E-state index contributed by atoms with van der Waals surface area (Å²) in [5.74, 6) is 0.179. The first-order valence-electron chi connectivity index (χ1n) is 9.72. The number of hydrogen-bond acceptors (Lipinski definition) is 3. The third-order valence-corrected chi connectivity index (χ3v) is 5.93. The number of nitriles is 1. The van der Waals surface area contributed by atoms with E-state index in [1.165, 1.54) is 22.3 Å². The molecule has 0 radical (unpaired) electrons. The lowest BCUT2D eigenvalue weighted by Crippen LogP contribution is -2.38. The third-order valence-electron chi connectivity index (χ3n) is 5.93. The van der Waals surface area contributed by atoms with Gasteiger partial charge in [0.05, 0.1) is 24.5 Å². The van der Waals surface area contributed by atoms with Crippen LogP contribution in [0.5, 0.6) is 0 Å². The Bertz CT molecular complexity index is 978. The van der Waals surface area contributed by atoms with Gasteiger partial charge in [-0.2, -0.15) is 5.26 Å². The van der Waals surface area contributed by atoms with Crippen LogP contribution in [0.1, 0.15) is 28.2 Å². The summed E-state index contributed by atoms with van der Waals surface area (Å²) in [6.07, 6.45) is 10.5. The van der Waals surface area contributed by atoms with Gasteiger partial charge in [-0.3, -0.25) is 0 Å². The average Bonchev–Trinajstić information content (AvgIpc) is 3.27. The number of hydrogen-bond donors (Lipinski definition) is 0. The van der Waals surface area contributed by atoms with Gasteiger partial charge in [0.25, 0.3) is 0 Å². The van der Waals surface area contributed by atoms with Crippen molar-refractivity contribution in [2.24, 2.45) is 0 Å². The van der Waals surface area contributed by atoms with E-state index in [-0.39, 0.29) is 5.92 Å². The van der Waals surface area contributed by atoms with Crippen LogP contribution in [-0.2, 0) is 17.6 Å². The zero-order chi connectivity index (χ0) is 18.2. The fourth-order valence-electron chi connectivity index (χ4n) is 4.64. The Labute approximate surface area is 160 Å². The summed E-state index contributed by atoms with van der Waals surface area (Å²) in [6.45, 7) is 3.15. The van der Waals surface area contributed by atoms with Gasteiger partial charge >= 0.3 is 0 Å². The molecule has 0 aromatic heterocycles. The first-order chi connectivity index (χ1) is 13.4. The topological polar surface area (TPSA) is 36.3 Å². The first kappa shape index (κ1) is 16.4. The SMILES string of the molecule is N#Cc1c(C2C=CC=C2)cc2c(c1N1CCOCC1)CCc1ccccc1-2. The van der Waals surface area contributed by atoms with Gasteiger partial charge in [0.2, 0.25) is 0 Å². The maximum absolute atomic E-state index is 10.1. The summed E-state index contributed by atoms with van der Waals surface area (Å²) < 4.78 is 5.58. The number of aryl methyl sites for hydroxylation is 1. The van der Waals surface area contributed by atoms with Crippen LogP contribution < -0.4 is 4.90 Å². The molecule has 0 bridgehead atoms. The van der Waals surface area contributed by atoms with Crippen molar-refractivity contribution in [3.63, 3.8) is 0 Å². The zero-order valence-electron chi connectivity index (χ0n) is 15.3. The number of allylic oxidation sites excluding steroid dienone is 4. The highest BCUT2D eigenvalue weighted by Gasteiger charge is 2.29. The number of benzene rings is 2. The summed E-state index contributed by atoms with van der Waals surface area (Å²) in [6, 6.07) is 13.6. The van der Waals surface area contributed by atoms with E-state index in [1.54, 1.807) is 0 Å². The highest BCUT2D eigenvalue weighted by atomic mass is 16.5. The summed E-state index contributed by atoms with van der Waals surface area (Å²) in [5, 5.41) is 10.1. The molecule has 1 aliphatic heterocycles. The van der Waals surface area contributed by atoms with Crippen LogP contribution in [0.3, 0.4) is 0 Å². The Balaban J connectivity index is 1.78. The van der Waals surface area contributed by atoms with Gasteiger partial charge < -0.3 is 9.64 Å². The molecule has 0 spiro atoms. The van der Waals surface area contributed by atoms with E-state index in [0.717, 1.165) is 56.0 Å². The van der Waals surface area contributed by atoms with Crippen molar-refractivity contribution in [1.82, 2.24) is 0 Å². The molecule has 2 aromatic carbocycles. The minimum absolute atomic E-state index is 0.179. The normalized spacial score (nSPS) is 18.3. The van der Waals surface area contributed by atoms with Gasteiger partial charge in [-0.1, -0.05) is 48.6 Å². The fraction of sp³-hybridized carbons (Fsp3) is 0.292. The van der Waals surface area contributed by atoms with E-state index in [2.05, 4.69) is 65.6 Å². The highest BCUT2D eigenvalue weighted by Crippen LogP contribution is 2.44. The molecule has 0 amide bonds. The molecule has 0 N–H and O–H groups in total. The minimum Gasteiger partial charge on any atom is -0.378 e. The third kappa shape index (κ3) is 2.69. The van der Waals surface area contributed by atoms with E-state index in [9.17, 15) is 5.26 Å². The molecule has 27 heavy (non-hydrogen) atoms. The molecule has 5 rings (SSSR count). The minimum atomic E-state index is 0.179. The van der Waals surface area contributed by atoms with E-state index < -0.39 is 0 Å². The second-order valence-corrected chi connectivity index (χ2v) is 7.38. The van der Waals surface area contributed by atoms with Crippen molar-refractivity contribution < 1.29 is 4.74 Å². The van der Waals surface area contributed by atoms with Crippen molar-refractivity contribution in [1.29, 1.82) is 5.26 Å². The molecule has 1 saturated heterocycles. The van der Waals surface area contributed by atoms with E-state index in [4.69, 9.17) is 4.74 Å². The predicted molar refractivity (Wildman–Crippen MR) is 108 cm³/mol. The van der Waals surface area contributed by atoms with Crippen LogP contribution >= 0.6 is 0 Å². The molecule has 0 unspecified atom stereocenters. The summed E-state index contributed by atoms with van der Waals surface area (Å²) in [5.41, 5.74) is 8.49. The Kier molecular flexibility index (Phi) is 4.07. The van der Waals surface area contributed by atoms with Gasteiger partial charge in [0, 0.05) is 19.0 Å². The molecule has 1 heterocycles. The van der Waals surface area contributed by atoms with Gasteiger partial charge in [0.1, 0.15) is 6.07 Å². The Hall–Kier alpha value is -2.83. The largest absolute Gasteiger partial charge is 0.378 e. The Morgan fingerprint density at radius 1 is 1.00 bits per heavy atom. The molecule has 0 saturated carbocycles. The molecule has 3 heteroatoms. The Morgan fingerprint density at radius 3 is 2.56 bits per heavy atom. The zero-order valence-corrected chi connectivity index (χ0v) is 15.3. The molecule has 2 aliphatic carbocycles. The van der Waals surface area contributed by atoms with Crippen molar-refractivity contribution in [3.05, 3.63) is 76.9 Å². The van der Waals surface area contributed by atoms with Crippen LogP contribution in [0, 0.1) is 11.3 Å². The van der Waals surface area contributed by atoms with Crippen molar-refractivity contribution in [2.45, 2.75) is 18.8 Å². The fourth-order valence-corrected chi connectivity index (χ4v) is 4.64. The van der Waals surface area contributed by atoms with Crippen molar-refractivity contribution in [2.75, 3.05) is 31.2 Å². The quantitative estimate of drug-likeness (QED) is 0.803. The number of nitrogens with zero attached hydrogens (tertiary/aromatic N) is 2. The summed E-state index contributed by atoms with van der Waals surface area (Å²) in [4.78, 5) is 2.38. The van der Waals surface area contributed by atoms with Crippen LogP contribution in [0.15, 0.2) is 54.6 Å².